The standard InChI is InChI=1S/C7H10NO2/c9-5-4-8-3-1-2-7(8)6-10/h7,10H,1-3,6H2/t7-/m0/s1. The van der Waals surface area contributed by atoms with Gasteiger partial charge in [-0.15, -0.1) is 0 Å². The average molecular weight is 140 g/mol. The second-order valence-corrected chi connectivity index (χ2v) is 2.39. The monoisotopic (exact) mass is 140 g/mol. The highest BCUT2D eigenvalue weighted by Gasteiger charge is 2.20. The van der Waals surface area contributed by atoms with Gasteiger partial charge in [0.25, 0.3) is 0 Å². The Kier molecular flexibility index (Phi) is 2.49. The molecular weight excluding hydrogens is 130 g/mol. The zero-order chi connectivity index (χ0) is 7.40. The first-order valence-corrected chi connectivity index (χ1v) is 3.38. The van der Waals surface area contributed by atoms with Crippen LogP contribution < -0.4 is 0 Å². The Morgan fingerprint density at radius 1 is 1.70 bits per heavy atom. The molecule has 55 valence electrons. The summed E-state index contributed by atoms with van der Waals surface area (Å²) in [4.78, 5) is 11.6. The number of hydrogen-bond donors (Lipinski definition) is 1. The fourth-order valence-corrected chi connectivity index (χ4v) is 1.23. The van der Waals surface area contributed by atoms with E-state index < -0.39 is 0 Å². The minimum atomic E-state index is 0.0986. The summed E-state index contributed by atoms with van der Waals surface area (Å²) in [6, 6.07) is 0.0986. The molecular formula is C7H10NO2. The van der Waals surface area contributed by atoms with Crippen molar-refractivity contribution in [2.45, 2.75) is 18.9 Å². The predicted octanol–water partition coefficient (Wildman–Crippen LogP) is -0.408. The van der Waals surface area contributed by atoms with Crippen molar-refractivity contribution in [3.63, 3.8) is 0 Å². The lowest BCUT2D eigenvalue weighted by Gasteiger charge is -2.16. The van der Waals surface area contributed by atoms with Crippen LogP contribution in [0.2, 0.25) is 0 Å². The summed E-state index contributed by atoms with van der Waals surface area (Å²) >= 11 is 0. The highest BCUT2D eigenvalue weighted by Crippen LogP contribution is 2.15. The van der Waals surface area contributed by atoms with E-state index in [-0.39, 0.29) is 12.6 Å². The van der Waals surface area contributed by atoms with Crippen LogP contribution >= 0.6 is 0 Å². The van der Waals surface area contributed by atoms with Gasteiger partial charge in [0.05, 0.1) is 12.6 Å². The van der Waals surface area contributed by atoms with Gasteiger partial charge in [-0.1, -0.05) is 0 Å². The molecule has 3 heteroatoms. The molecule has 0 spiro atoms. The van der Waals surface area contributed by atoms with Crippen molar-refractivity contribution < 1.29 is 9.90 Å². The summed E-state index contributed by atoms with van der Waals surface area (Å²) in [7, 11) is 0. The fourth-order valence-electron chi connectivity index (χ4n) is 1.23. The van der Waals surface area contributed by atoms with Crippen LogP contribution in [-0.2, 0) is 4.79 Å². The van der Waals surface area contributed by atoms with Crippen LogP contribution in [0.15, 0.2) is 0 Å². The van der Waals surface area contributed by atoms with Crippen LogP contribution in [0.3, 0.4) is 0 Å². The van der Waals surface area contributed by atoms with Gasteiger partial charge in [0.15, 0.2) is 12.1 Å². The number of aliphatic hydroxyl groups is 1. The highest BCUT2D eigenvalue weighted by molar-refractivity contribution is 5.40. The highest BCUT2D eigenvalue weighted by atomic mass is 16.3. The van der Waals surface area contributed by atoms with Gasteiger partial charge in [-0.2, -0.15) is 0 Å². The van der Waals surface area contributed by atoms with E-state index in [9.17, 15) is 4.79 Å². The molecule has 1 heterocycles. The Labute approximate surface area is 59.9 Å². The van der Waals surface area contributed by atoms with Gasteiger partial charge >= 0.3 is 0 Å². The molecule has 0 bridgehead atoms. The maximum absolute atomic E-state index is 9.86. The fraction of sp³-hybridized carbons (Fsp3) is 0.714. The number of rotatable bonds is 2. The number of hydrogen-bond acceptors (Lipinski definition) is 3. The van der Waals surface area contributed by atoms with E-state index in [2.05, 4.69) is 6.20 Å². The minimum absolute atomic E-state index is 0.0986. The van der Waals surface area contributed by atoms with Crippen LogP contribution in [0.5, 0.6) is 0 Å². The van der Waals surface area contributed by atoms with E-state index in [1.54, 1.807) is 10.8 Å². The maximum atomic E-state index is 9.86. The number of carbonyl (C=O) groups excluding carboxylic acids is 1. The van der Waals surface area contributed by atoms with Gasteiger partial charge in [0, 0.05) is 6.54 Å². The molecule has 0 saturated carbocycles. The van der Waals surface area contributed by atoms with Gasteiger partial charge in [0.1, 0.15) is 0 Å². The van der Waals surface area contributed by atoms with Crippen LogP contribution in [-0.4, -0.2) is 35.1 Å². The second-order valence-electron chi connectivity index (χ2n) is 2.39. The second kappa shape index (κ2) is 3.40. The van der Waals surface area contributed by atoms with E-state index in [0.717, 1.165) is 19.4 Å². The van der Waals surface area contributed by atoms with Gasteiger partial charge < -0.3 is 10.0 Å². The summed E-state index contributed by atoms with van der Waals surface area (Å²) in [5.41, 5.74) is 0. The van der Waals surface area contributed by atoms with Crippen molar-refractivity contribution in [1.29, 1.82) is 0 Å². The van der Waals surface area contributed by atoms with Gasteiger partial charge in [-0.3, -0.25) is 0 Å². The first-order chi connectivity index (χ1) is 4.88. The number of likely N-dealkylation sites (tertiary alicyclic amines) is 1. The quantitative estimate of drug-likeness (QED) is 0.530. The van der Waals surface area contributed by atoms with Crippen molar-refractivity contribution in [1.82, 2.24) is 4.90 Å². The molecule has 1 N–H and O–H groups in total. The summed E-state index contributed by atoms with van der Waals surface area (Å²) in [6.45, 7) is 0.926. The molecule has 10 heavy (non-hydrogen) atoms. The Hall–Kier alpha value is -0.790. The molecule has 0 aromatic heterocycles. The molecule has 3 nitrogen and oxygen atoms in total. The molecule has 0 aromatic rings. The van der Waals surface area contributed by atoms with Crippen molar-refractivity contribution in [3.8, 4) is 0 Å². The Morgan fingerprint density at radius 2 is 2.50 bits per heavy atom. The van der Waals surface area contributed by atoms with Gasteiger partial charge in [-0.05, 0) is 12.8 Å². The lowest BCUT2D eigenvalue weighted by atomic mass is 10.2. The van der Waals surface area contributed by atoms with Crippen LogP contribution in [0.4, 0.5) is 0 Å². The minimum Gasteiger partial charge on any atom is -0.394 e. The maximum Gasteiger partial charge on any atom is 0.158 e. The van der Waals surface area contributed by atoms with E-state index in [4.69, 9.17) is 5.11 Å². The first kappa shape index (κ1) is 7.32. The van der Waals surface area contributed by atoms with Crippen molar-refractivity contribution in [2.24, 2.45) is 0 Å². The third-order valence-electron chi connectivity index (χ3n) is 1.78. The molecule has 0 aromatic carbocycles. The molecule has 0 amide bonds. The van der Waals surface area contributed by atoms with E-state index in [1.807, 2.05) is 0 Å². The summed E-state index contributed by atoms with van der Waals surface area (Å²) in [5.74, 6) is 1.59. The molecule has 1 saturated heterocycles. The van der Waals surface area contributed by atoms with E-state index >= 15 is 0 Å². The predicted molar refractivity (Wildman–Crippen MR) is 35.8 cm³/mol. The Balaban J connectivity index is 2.49. The molecule has 0 aliphatic carbocycles. The zero-order valence-electron chi connectivity index (χ0n) is 5.71. The SMILES string of the molecule is O=C=[C]N1CCC[C@H]1CO. The molecule has 0 unspecified atom stereocenters. The largest absolute Gasteiger partial charge is 0.394 e. The van der Waals surface area contributed by atoms with Crippen molar-refractivity contribution in [3.05, 3.63) is 6.20 Å². The number of nitrogens with zero attached hydrogens (tertiary/aromatic N) is 1. The smallest absolute Gasteiger partial charge is 0.158 e. The molecule has 1 fully saturated rings. The third-order valence-corrected chi connectivity index (χ3v) is 1.78. The summed E-state index contributed by atoms with van der Waals surface area (Å²) in [6.07, 6.45) is 4.39. The lowest BCUT2D eigenvalue weighted by molar-refractivity contribution is 0.191. The molecule has 1 rings (SSSR count). The first-order valence-electron chi connectivity index (χ1n) is 3.38. The third kappa shape index (κ3) is 1.38. The van der Waals surface area contributed by atoms with Crippen LogP contribution in [0, 0.1) is 6.20 Å². The van der Waals surface area contributed by atoms with Crippen LogP contribution in [0.1, 0.15) is 12.8 Å². The average Bonchev–Trinajstić information content (AvgIpc) is 2.36. The normalized spacial score (nSPS) is 24.5. The molecule has 1 radical (unpaired) electrons. The van der Waals surface area contributed by atoms with Crippen LogP contribution in [0.25, 0.3) is 0 Å². The molecule has 1 atom stereocenters. The van der Waals surface area contributed by atoms with E-state index in [0.29, 0.717) is 0 Å². The Bertz CT molecular complexity index is 152. The lowest BCUT2D eigenvalue weighted by Crippen LogP contribution is -2.27. The van der Waals surface area contributed by atoms with Crippen molar-refractivity contribution >= 4 is 5.94 Å². The van der Waals surface area contributed by atoms with Gasteiger partial charge in [-0.25, -0.2) is 4.79 Å². The Morgan fingerprint density at radius 3 is 3.10 bits per heavy atom. The zero-order valence-corrected chi connectivity index (χ0v) is 5.71. The van der Waals surface area contributed by atoms with Gasteiger partial charge in [0.2, 0.25) is 0 Å². The topological polar surface area (TPSA) is 40.5 Å². The summed E-state index contributed by atoms with van der Waals surface area (Å²) < 4.78 is 0. The van der Waals surface area contributed by atoms with Crippen molar-refractivity contribution in [2.75, 3.05) is 13.2 Å². The van der Waals surface area contributed by atoms with E-state index in [1.165, 1.54) is 0 Å². The summed E-state index contributed by atoms with van der Waals surface area (Å²) in [5, 5.41) is 8.75. The molecule has 1 aliphatic heterocycles. The molecule has 1 aliphatic rings. The number of aliphatic hydroxyl groups excluding tert-OH is 1.